The highest BCUT2D eigenvalue weighted by Crippen LogP contribution is 2.31. The van der Waals surface area contributed by atoms with Gasteiger partial charge in [-0.3, -0.25) is 14.2 Å². The molecule has 0 radical (unpaired) electrons. The molecule has 0 aliphatic carbocycles. The summed E-state index contributed by atoms with van der Waals surface area (Å²) in [5, 5.41) is 9.57. The quantitative estimate of drug-likeness (QED) is 0.535. The van der Waals surface area contributed by atoms with Gasteiger partial charge in [0.1, 0.15) is 29.5 Å². The summed E-state index contributed by atoms with van der Waals surface area (Å²) in [6, 6.07) is 11.1. The Morgan fingerprint density at radius 3 is 2.55 bits per heavy atom. The topological polar surface area (TPSA) is 94.3 Å². The minimum atomic E-state index is -1.17. The molecule has 0 atom stereocenters. The maximum Gasteiger partial charge on any atom is 0.323 e. The minimum absolute atomic E-state index is 0.132. The summed E-state index contributed by atoms with van der Waals surface area (Å²) in [5.41, 5.74) is 1.29. The van der Waals surface area contributed by atoms with Gasteiger partial charge in [0.25, 0.3) is 5.56 Å². The molecule has 0 saturated heterocycles. The van der Waals surface area contributed by atoms with Crippen molar-refractivity contribution in [3.63, 3.8) is 0 Å². The lowest BCUT2D eigenvalue weighted by molar-refractivity contribution is -0.137. The average Bonchev–Trinajstić information content (AvgIpc) is 2.70. The van der Waals surface area contributed by atoms with Crippen LogP contribution >= 0.6 is 0 Å². The molecule has 2 aromatic carbocycles. The summed E-state index contributed by atoms with van der Waals surface area (Å²) in [6.45, 7) is 1.02. The molecule has 29 heavy (non-hydrogen) atoms. The van der Waals surface area contributed by atoms with Crippen molar-refractivity contribution in [1.29, 1.82) is 0 Å². The van der Waals surface area contributed by atoms with Crippen molar-refractivity contribution < 1.29 is 19.0 Å². The molecule has 0 bridgehead atoms. The van der Waals surface area contributed by atoms with Crippen molar-refractivity contribution in [1.82, 2.24) is 14.5 Å². The molecule has 0 fully saturated rings. The lowest BCUT2D eigenvalue weighted by atomic mass is 10.0. The molecular formula is C21H16FN3O4. The van der Waals surface area contributed by atoms with Gasteiger partial charge in [-0.15, -0.1) is 0 Å². The number of fused-ring (bicyclic) bond motifs is 3. The molecule has 0 aliphatic heterocycles. The number of methoxy groups -OCH3 is 1. The van der Waals surface area contributed by atoms with Crippen molar-refractivity contribution >= 4 is 27.8 Å². The number of hydrogen-bond donors (Lipinski definition) is 1. The first kappa shape index (κ1) is 18.5. The van der Waals surface area contributed by atoms with Crippen molar-refractivity contribution in [2.24, 2.45) is 0 Å². The summed E-state index contributed by atoms with van der Waals surface area (Å²) >= 11 is 0. The number of halogens is 1. The van der Waals surface area contributed by atoms with E-state index < -0.39 is 23.9 Å². The van der Waals surface area contributed by atoms with Crippen molar-refractivity contribution in [3.8, 4) is 17.0 Å². The molecule has 2 aromatic heterocycles. The largest absolute Gasteiger partial charge is 0.497 e. The normalized spacial score (nSPS) is 11.1. The Morgan fingerprint density at radius 2 is 1.90 bits per heavy atom. The van der Waals surface area contributed by atoms with Crippen LogP contribution in [0.15, 0.2) is 47.3 Å². The van der Waals surface area contributed by atoms with E-state index in [1.54, 1.807) is 38.3 Å². The number of carboxylic acids is 1. The molecule has 0 unspecified atom stereocenters. The van der Waals surface area contributed by atoms with Gasteiger partial charge in [0.2, 0.25) is 0 Å². The summed E-state index contributed by atoms with van der Waals surface area (Å²) in [5.74, 6) is -0.801. The van der Waals surface area contributed by atoms with Crippen LogP contribution in [-0.4, -0.2) is 32.7 Å². The Morgan fingerprint density at radius 1 is 1.17 bits per heavy atom. The maximum atomic E-state index is 13.9. The summed E-state index contributed by atoms with van der Waals surface area (Å²) in [7, 11) is 1.56. The Hall–Kier alpha value is -3.81. The molecular weight excluding hydrogens is 377 g/mol. The zero-order chi connectivity index (χ0) is 20.7. The molecule has 0 amide bonds. The molecule has 1 N–H and O–H groups in total. The van der Waals surface area contributed by atoms with E-state index in [0.29, 0.717) is 22.5 Å². The monoisotopic (exact) mass is 393 g/mol. The Labute approximate surface area is 164 Å². The zero-order valence-corrected chi connectivity index (χ0v) is 15.6. The number of carbonyl (C=O) groups is 1. The van der Waals surface area contributed by atoms with Crippen LogP contribution in [0.2, 0.25) is 0 Å². The van der Waals surface area contributed by atoms with E-state index in [4.69, 9.17) is 9.84 Å². The van der Waals surface area contributed by atoms with Gasteiger partial charge in [-0.05, 0) is 49.4 Å². The predicted molar refractivity (Wildman–Crippen MR) is 106 cm³/mol. The lowest BCUT2D eigenvalue weighted by Gasteiger charge is -2.13. The van der Waals surface area contributed by atoms with E-state index in [-0.39, 0.29) is 22.1 Å². The molecule has 2 heterocycles. The van der Waals surface area contributed by atoms with Gasteiger partial charge in [0.05, 0.1) is 23.7 Å². The van der Waals surface area contributed by atoms with Crippen LogP contribution in [0.5, 0.6) is 5.75 Å². The smallest absolute Gasteiger partial charge is 0.323 e. The number of benzene rings is 2. The predicted octanol–water partition coefficient (Wildman–Crippen LogP) is 3.15. The average molecular weight is 393 g/mol. The number of pyridine rings is 1. The van der Waals surface area contributed by atoms with E-state index in [1.165, 1.54) is 18.2 Å². The molecule has 4 rings (SSSR count). The number of aryl methyl sites for hydroxylation is 1. The molecule has 8 heteroatoms. The molecule has 4 aromatic rings. The second kappa shape index (κ2) is 6.97. The zero-order valence-electron chi connectivity index (χ0n) is 15.6. The highest BCUT2D eigenvalue weighted by molar-refractivity contribution is 6.08. The van der Waals surface area contributed by atoms with Gasteiger partial charge in [-0.25, -0.2) is 14.4 Å². The number of aliphatic carboxylic acids is 1. The third-order valence-corrected chi connectivity index (χ3v) is 4.70. The number of rotatable bonds is 4. The number of aromatic nitrogens is 3. The van der Waals surface area contributed by atoms with Crippen LogP contribution in [0.3, 0.4) is 0 Å². The second-order valence-electron chi connectivity index (χ2n) is 6.52. The van der Waals surface area contributed by atoms with Gasteiger partial charge in [0, 0.05) is 10.9 Å². The minimum Gasteiger partial charge on any atom is -0.497 e. The Balaban J connectivity index is 2.14. The first-order valence-electron chi connectivity index (χ1n) is 8.75. The maximum absolute atomic E-state index is 13.9. The van der Waals surface area contributed by atoms with Crippen molar-refractivity contribution in [2.75, 3.05) is 7.11 Å². The highest BCUT2D eigenvalue weighted by atomic mass is 19.1. The van der Waals surface area contributed by atoms with Crippen molar-refractivity contribution in [2.45, 2.75) is 13.5 Å². The van der Waals surface area contributed by atoms with Crippen LogP contribution in [-0.2, 0) is 11.3 Å². The number of carboxylic acid groups (broad SMARTS) is 1. The Kier molecular flexibility index (Phi) is 4.46. The van der Waals surface area contributed by atoms with E-state index in [2.05, 4.69) is 9.97 Å². The molecule has 7 nitrogen and oxygen atoms in total. The van der Waals surface area contributed by atoms with Crippen LogP contribution in [0.4, 0.5) is 4.39 Å². The molecule has 0 saturated carbocycles. The fraction of sp³-hybridized carbons (Fsp3) is 0.143. The fourth-order valence-electron chi connectivity index (χ4n) is 3.33. The van der Waals surface area contributed by atoms with Crippen LogP contribution in [0, 0.1) is 12.7 Å². The van der Waals surface area contributed by atoms with Gasteiger partial charge >= 0.3 is 5.97 Å². The van der Waals surface area contributed by atoms with Gasteiger partial charge in [-0.1, -0.05) is 0 Å². The number of nitrogens with zero attached hydrogens (tertiary/aromatic N) is 3. The van der Waals surface area contributed by atoms with Crippen molar-refractivity contribution in [3.05, 3.63) is 64.5 Å². The number of ether oxygens (including phenoxy) is 1. The molecule has 146 valence electrons. The third-order valence-electron chi connectivity index (χ3n) is 4.70. The van der Waals surface area contributed by atoms with Gasteiger partial charge in [0.15, 0.2) is 0 Å². The Bertz CT molecular complexity index is 1330. The molecule has 0 aliphatic rings. The standard InChI is InChI=1S/C21H16FN3O4/c1-11-23-20-18(21(28)25(11)10-17(26)27)15-9-13(22)5-8-16(15)24-19(20)12-3-6-14(29-2)7-4-12/h3-9H,10H2,1-2H3,(H,26,27). The molecule has 0 spiro atoms. The highest BCUT2D eigenvalue weighted by Gasteiger charge is 2.19. The van der Waals surface area contributed by atoms with Crippen LogP contribution in [0.1, 0.15) is 5.82 Å². The first-order chi connectivity index (χ1) is 13.9. The van der Waals surface area contributed by atoms with E-state index in [1.807, 2.05) is 0 Å². The lowest BCUT2D eigenvalue weighted by Crippen LogP contribution is -2.27. The van der Waals surface area contributed by atoms with Crippen LogP contribution < -0.4 is 10.3 Å². The summed E-state index contributed by atoms with van der Waals surface area (Å²) < 4.78 is 20.2. The first-order valence-corrected chi connectivity index (χ1v) is 8.75. The van der Waals surface area contributed by atoms with E-state index >= 15 is 0 Å². The van der Waals surface area contributed by atoms with Crippen LogP contribution in [0.25, 0.3) is 33.1 Å². The van der Waals surface area contributed by atoms with Gasteiger partial charge < -0.3 is 9.84 Å². The third kappa shape index (κ3) is 3.18. The number of hydrogen-bond acceptors (Lipinski definition) is 5. The second-order valence-corrected chi connectivity index (χ2v) is 6.52. The van der Waals surface area contributed by atoms with E-state index in [9.17, 15) is 14.0 Å². The van der Waals surface area contributed by atoms with Gasteiger partial charge in [-0.2, -0.15) is 0 Å². The summed E-state index contributed by atoms with van der Waals surface area (Å²) in [6.07, 6.45) is 0. The fourth-order valence-corrected chi connectivity index (χ4v) is 3.33. The SMILES string of the molecule is COc1ccc(-c2nc3ccc(F)cc3c3c(=O)n(CC(=O)O)c(C)nc23)cc1. The van der Waals surface area contributed by atoms with E-state index in [0.717, 1.165) is 4.57 Å². The summed E-state index contributed by atoms with van der Waals surface area (Å²) in [4.78, 5) is 33.5.